The van der Waals surface area contributed by atoms with E-state index in [0.717, 1.165) is 25.6 Å². The monoisotopic (exact) mass is 2010 g/mol. The van der Waals surface area contributed by atoms with Gasteiger partial charge in [0, 0.05) is 50.8 Å². The van der Waals surface area contributed by atoms with Crippen LogP contribution in [-0.4, -0.2) is 360 Å². The number of aliphatic hydroxyl groups excluding tert-OH is 3. The second-order valence-corrected chi connectivity index (χ2v) is 32.2. The number of rotatable bonds is 72. The first-order valence-electron chi connectivity index (χ1n) is 42.5. The third-order valence-corrected chi connectivity index (χ3v) is 20.5. The molecule has 62 heteroatoms. The van der Waals surface area contributed by atoms with Gasteiger partial charge in [-0.2, -0.15) is 24.4 Å². The standard InChI is InChI=1S/C76H126N26O34S2/c1-32(87-53(110)28-86-62(122)37(10-16-49(79)106)92-71(131)46(27-57(117)118)98-67(127)38(11-17-50(80)107)89-60(120)33(2)88-61(121)35(78)31-137)59(119)90-41(14-20-54(111)112)65(125)95-43(22-25-138-4)68(128)99-45(26-56(115)116)70(130)91-36(8-5-6-23-77)63(123)100-48(30-104)73(133)101-47(29-103)72(132)94-39(12-18-51(81)108)64(124)93-42(15-21-55(113)114)69(129)102-58(34(3)105)74(134)96-40(13-19-52(82)109)66(126)97-44(75(135)136)9-7-24-85-76(83)84/h32-48,58,103-105,137H,5-31,77-78H2,1-4H3,(H2,79,106)(H2,80,107)(H2,81,108)(H2,82,109)(H,86,122)(H,87,110)(H,88,121)(H,89,120)(H,90,119)(H,91,130)(H,92,131)(H,93,124)(H,94,132)(H,95,125)(H,96,134)(H,97,126)(H,98,127)(H,99,128)(H,100,123)(H,101,133)(H,102,129)(H,111,112)(H,113,114)(H,115,116)(H,117,118)(H,135,136)(H4,83,84,85)/t32-,33-,34+,35-,36-,37-,38-,39-,40-,41-,42-,43-,44-,45-,46-,47-,48-,58-/m0/s1. The van der Waals surface area contributed by atoms with Crippen molar-refractivity contribution in [1.29, 1.82) is 5.41 Å². The largest absolute Gasteiger partial charge is 0.481 e. The highest BCUT2D eigenvalue weighted by Gasteiger charge is 2.41. The Kier molecular flexibility index (Phi) is 59.0. The molecule has 0 spiro atoms. The SMILES string of the molecule is CSCC[C@H](NC(=O)[C@H](CCC(=O)O)NC(=O)[C@H](C)NC(=O)CNC(=O)[C@H](CCC(N)=O)NC(=O)[C@H](CC(=O)O)NC(=O)[C@H](CCC(N)=O)NC(=O)[C@H](C)NC(=O)[C@@H](N)CS)C(=O)N[C@@H](CC(=O)O)C(=O)N[C@@H](CCCCN)C(=O)N[C@@H](CO)C(=O)N[C@@H](CO)C(=O)N[C@@H](CCC(N)=O)C(=O)N[C@@H](CCC(=O)O)C(=O)N[C@H](C(=O)N[C@@H](CCC(N)=O)C(=O)N[C@@H](CCCNC(=N)N)C(=O)O)[C@@H](C)O. The van der Waals surface area contributed by atoms with E-state index in [1.807, 2.05) is 5.32 Å². The Balaban J connectivity index is 6.94. The number of thiol groups is 1. The van der Waals surface area contributed by atoms with E-state index in [0.29, 0.717) is 0 Å². The van der Waals surface area contributed by atoms with E-state index in [2.05, 4.69) is 103 Å². The number of primary amides is 4. The number of carbonyl (C=O) groups excluding carboxylic acids is 21. The van der Waals surface area contributed by atoms with Gasteiger partial charge in [-0.3, -0.25) is 125 Å². The van der Waals surface area contributed by atoms with E-state index >= 15 is 0 Å². The number of unbranched alkanes of at least 4 members (excludes halogenated alkanes) is 1. The molecular formula is C76H126N26O34S2. The quantitative estimate of drug-likeness (QED) is 0.0116. The molecule has 0 unspecified atom stereocenters. The zero-order valence-electron chi connectivity index (χ0n) is 75.6. The van der Waals surface area contributed by atoms with Crippen LogP contribution < -0.4 is 136 Å². The molecule has 776 valence electrons. The minimum Gasteiger partial charge on any atom is -0.481 e. The summed E-state index contributed by atoms with van der Waals surface area (Å²) in [5, 5.41) is 127. The molecule has 0 saturated carbocycles. The molecule has 0 aliphatic heterocycles. The fourth-order valence-corrected chi connectivity index (χ4v) is 12.5. The number of thioether (sulfide) groups is 1. The molecule has 0 aromatic rings. The van der Waals surface area contributed by atoms with Crippen LogP contribution in [0.25, 0.3) is 0 Å². The summed E-state index contributed by atoms with van der Waals surface area (Å²) in [6.45, 7) is -0.673. The summed E-state index contributed by atoms with van der Waals surface area (Å²) in [5.74, 6) is -35.0. The molecule has 138 heavy (non-hydrogen) atoms. The van der Waals surface area contributed by atoms with Gasteiger partial charge in [0.05, 0.1) is 44.7 Å². The summed E-state index contributed by atoms with van der Waals surface area (Å²) in [6.07, 6.45) is -12.3. The second-order valence-electron chi connectivity index (χ2n) is 30.9. The molecule has 0 fully saturated rings. The Bertz CT molecular complexity index is 4310. The molecular weight excluding hydrogens is 1890 g/mol. The average molecular weight is 2010 g/mol. The lowest BCUT2D eigenvalue weighted by Gasteiger charge is -2.28. The molecule has 41 N–H and O–H groups in total. The predicted molar refractivity (Wildman–Crippen MR) is 478 cm³/mol. The summed E-state index contributed by atoms with van der Waals surface area (Å²) in [4.78, 5) is 341. The minimum absolute atomic E-state index is 0.00236. The number of carboxylic acid groups (broad SMARTS) is 5. The van der Waals surface area contributed by atoms with Gasteiger partial charge in [0.25, 0.3) is 0 Å². The van der Waals surface area contributed by atoms with Gasteiger partial charge in [-0.05, 0) is 116 Å². The van der Waals surface area contributed by atoms with Crippen LogP contribution in [0.3, 0.4) is 0 Å². The Morgan fingerprint density at radius 3 is 0.957 bits per heavy atom. The van der Waals surface area contributed by atoms with Crippen LogP contribution in [0.5, 0.6) is 0 Å². The number of hydrogen-bond donors (Lipinski definition) is 35. The summed E-state index contributed by atoms with van der Waals surface area (Å²) in [7, 11) is 0. The summed E-state index contributed by atoms with van der Waals surface area (Å²) >= 11 is 4.98. The van der Waals surface area contributed by atoms with Gasteiger partial charge in [0.1, 0.15) is 96.7 Å². The zero-order chi connectivity index (χ0) is 106. The highest BCUT2D eigenvalue weighted by atomic mass is 32.2. The van der Waals surface area contributed by atoms with Crippen molar-refractivity contribution < 1.29 is 166 Å². The molecule has 18 atom stereocenters. The lowest BCUT2D eigenvalue weighted by Crippen LogP contribution is -2.62. The van der Waals surface area contributed by atoms with Gasteiger partial charge < -0.3 is 177 Å². The van der Waals surface area contributed by atoms with Gasteiger partial charge in [-0.15, -0.1) is 0 Å². The normalized spacial score (nSPS) is 14.8. The van der Waals surface area contributed by atoms with Crippen LogP contribution in [0, 0.1) is 5.41 Å². The maximum absolute atomic E-state index is 14.2. The summed E-state index contributed by atoms with van der Waals surface area (Å²) < 4.78 is 0. The van der Waals surface area contributed by atoms with Gasteiger partial charge in [-0.1, -0.05) is 0 Å². The number of aliphatic carboxylic acids is 5. The van der Waals surface area contributed by atoms with E-state index in [1.54, 1.807) is 0 Å². The molecule has 0 heterocycles. The van der Waals surface area contributed by atoms with Crippen molar-refractivity contribution in [2.45, 2.75) is 258 Å². The van der Waals surface area contributed by atoms with Crippen LogP contribution >= 0.6 is 24.4 Å². The van der Waals surface area contributed by atoms with E-state index < -0.39 is 385 Å². The first-order valence-corrected chi connectivity index (χ1v) is 44.5. The van der Waals surface area contributed by atoms with Gasteiger partial charge in [0.2, 0.25) is 124 Å². The Morgan fingerprint density at radius 2 is 0.630 bits per heavy atom. The molecule has 0 saturated heterocycles. The van der Waals surface area contributed by atoms with Crippen molar-refractivity contribution in [3.8, 4) is 0 Å². The van der Waals surface area contributed by atoms with Crippen LogP contribution in [0.4, 0.5) is 0 Å². The number of nitrogens with one attached hydrogen (secondary N) is 19. The molecule has 0 radical (unpaired) electrons. The fraction of sp³-hybridized carbons (Fsp3) is 0.645. The number of nitrogens with two attached hydrogens (primary N) is 7. The maximum Gasteiger partial charge on any atom is 0.326 e. The molecule has 0 aromatic carbocycles. The number of guanidine groups is 1. The third-order valence-electron chi connectivity index (χ3n) is 19.4. The van der Waals surface area contributed by atoms with Crippen molar-refractivity contribution in [2.75, 3.05) is 50.6 Å². The lowest BCUT2D eigenvalue weighted by molar-refractivity contribution is -0.143. The molecule has 0 rings (SSSR count). The van der Waals surface area contributed by atoms with Gasteiger partial charge in [-0.25, -0.2) is 4.79 Å². The number of amides is 21. The summed E-state index contributed by atoms with van der Waals surface area (Å²) in [6, 6.07) is -31.7. The lowest BCUT2D eigenvalue weighted by atomic mass is 10.0. The minimum atomic E-state index is -2.19. The Morgan fingerprint density at radius 1 is 0.333 bits per heavy atom. The van der Waals surface area contributed by atoms with Crippen LogP contribution in [-0.2, 0) is 125 Å². The topological polar surface area (TPSA) is 1030 Å². The molecule has 21 amide bonds. The van der Waals surface area contributed by atoms with Crippen molar-refractivity contribution in [3.63, 3.8) is 0 Å². The number of carboxylic acids is 5. The number of carbonyl (C=O) groups is 26. The molecule has 0 aliphatic carbocycles. The zero-order valence-corrected chi connectivity index (χ0v) is 77.3. The van der Waals surface area contributed by atoms with E-state index in [-0.39, 0.29) is 56.7 Å². The van der Waals surface area contributed by atoms with E-state index in [9.17, 15) is 166 Å². The summed E-state index contributed by atoms with van der Waals surface area (Å²) in [5.41, 5.74) is 37.7. The van der Waals surface area contributed by atoms with Gasteiger partial charge in [0.15, 0.2) is 5.96 Å². The molecule has 0 bridgehead atoms. The fourth-order valence-electron chi connectivity index (χ4n) is 11.9. The van der Waals surface area contributed by atoms with Crippen molar-refractivity contribution >= 4 is 184 Å². The van der Waals surface area contributed by atoms with Gasteiger partial charge >= 0.3 is 29.8 Å². The van der Waals surface area contributed by atoms with Crippen molar-refractivity contribution in [1.82, 2.24) is 95.7 Å². The number of aliphatic hydroxyl groups is 3. The van der Waals surface area contributed by atoms with Crippen molar-refractivity contribution in [3.05, 3.63) is 0 Å². The molecule has 60 nitrogen and oxygen atoms in total. The Labute approximate surface area is 796 Å². The van der Waals surface area contributed by atoms with Crippen LogP contribution in [0.1, 0.15) is 149 Å². The van der Waals surface area contributed by atoms with Crippen LogP contribution in [0.15, 0.2) is 0 Å². The second kappa shape index (κ2) is 65.6. The average Bonchev–Trinajstić information content (AvgIpc) is 0.815. The highest BCUT2D eigenvalue weighted by Crippen LogP contribution is 2.14. The highest BCUT2D eigenvalue weighted by molar-refractivity contribution is 7.98. The number of hydrogen-bond acceptors (Lipinski definition) is 34. The first-order chi connectivity index (χ1) is 64.6. The first kappa shape index (κ1) is 124. The Hall–Kier alpha value is -14.0. The predicted octanol–water partition coefficient (Wildman–Crippen LogP) is -16.5. The smallest absolute Gasteiger partial charge is 0.326 e. The third kappa shape index (κ3) is 51.1. The maximum atomic E-state index is 14.2. The molecule has 0 aliphatic rings. The van der Waals surface area contributed by atoms with E-state index in [4.69, 9.17) is 45.5 Å². The van der Waals surface area contributed by atoms with Crippen LogP contribution in [0.2, 0.25) is 0 Å². The van der Waals surface area contributed by atoms with Crippen molar-refractivity contribution in [2.24, 2.45) is 40.1 Å². The molecule has 0 aromatic heterocycles. The van der Waals surface area contributed by atoms with E-state index in [1.165, 1.54) is 13.2 Å².